The number of aliphatic imine (C=N–C) groups is 1. The molecule has 9 heteroatoms. The second-order valence-corrected chi connectivity index (χ2v) is 6.92. The van der Waals surface area contributed by atoms with Gasteiger partial charge in [-0.15, -0.1) is 11.3 Å². The topological polar surface area (TPSA) is 88.2 Å². The first kappa shape index (κ1) is 17.4. The maximum Gasteiger partial charge on any atom is 0.246 e. The highest BCUT2D eigenvalue weighted by molar-refractivity contribution is 7.11. The summed E-state index contributed by atoms with van der Waals surface area (Å²) in [6.45, 7) is 3.01. The molecule has 3 aromatic rings. The highest BCUT2D eigenvalue weighted by Crippen LogP contribution is 2.18. The van der Waals surface area contributed by atoms with Crippen LogP contribution in [0.3, 0.4) is 0 Å². The summed E-state index contributed by atoms with van der Waals surface area (Å²) in [6.07, 6.45) is 1.86. The van der Waals surface area contributed by atoms with Gasteiger partial charge in [0.2, 0.25) is 11.7 Å². The van der Waals surface area contributed by atoms with E-state index in [9.17, 15) is 0 Å². The van der Waals surface area contributed by atoms with Crippen LogP contribution >= 0.6 is 22.9 Å². The molecule has 2 N–H and O–H groups in total. The average molecular weight is 377 g/mol. The van der Waals surface area contributed by atoms with Crippen LogP contribution in [-0.2, 0) is 13.1 Å². The molecule has 2 aromatic heterocycles. The van der Waals surface area contributed by atoms with Crippen molar-refractivity contribution >= 4 is 28.9 Å². The van der Waals surface area contributed by atoms with Gasteiger partial charge < -0.3 is 15.2 Å². The van der Waals surface area contributed by atoms with Gasteiger partial charge in [-0.2, -0.15) is 4.98 Å². The number of nitrogens with zero attached hydrogens (tertiary/aromatic N) is 4. The summed E-state index contributed by atoms with van der Waals surface area (Å²) < 4.78 is 5.26. The Morgan fingerprint density at radius 2 is 2.00 bits per heavy atom. The van der Waals surface area contributed by atoms with E-state index in [4.69, 9.17) is 16.1 Å². The lowest BCUT2D eigenvalue weighted by molar-refractivity contribution is 0.375. The fourth-order valence-corrected chi connectivity index (χ4v) is 2.92. The quantitative estimate of drug-likeness (QED) is 0.525. The summed E-state index contributed by atoms with van der Waals surface area (Å²) in [5.74, 6) is 1.63. The second-order valence-electron chi connectivity index (χ2n) is 5.16. The minimum Gasteiger partial charge on any atom is -0.350 e. The van der Waals surface area contributed by atoms with Crippen LogP contribution in [0.1, 0.15) is 15.8 Å². The monoisotopic (exact) mass is 376 g/mol. The third kappa shape index (κ3) is 4.77. The molecule has 0 saturated heterocycles. The summed E-state index contributed by atoms with van der Waals surface area (Å²) in [4.78, 5) is 14.0. The number of aryl methyl sites for hydroxylation is 1. The van der Waals surface area contributed by atoms with Crippen molar-refractivity contribution < 1.29 is 4.52 Å². The van der Waals surface area contributed by atoms with E-state index in [2.05, 4.69) is 30.8 Å². The van der Waals surface area contributed by atoms with E-state index in [1.54, 1.807) is 30.5 Å². The molecule has 0 amide bonds. The summed E-state index contributed by atoms with van der Waals surface area (Å²) in [6, 6.07) is 7.27. The van der Waals surface area contributed by atoms with Gasteiger partial charge in [0.15, 0.2) is 5.96 Å². The van der Waals surface area contributed by atoms with Crippen molar-refractivity contribution in [3.05, 3.63) is 51.3 Å². The molecule has 0 spiro atoms. The van der Waals surface area contributed by atoms with Gasteiger partial charge in [-0.05, 0) is 31.2 Å². The number of thiazole rings is 1. The molecule has 0 fully saturated rings. The van der Waals surface area contributed by atoms with Crippen LogP contribution in [0.15, 0.2) is 40.0 Å². The lowest BCUT2D eigenvalue weighted by Gasteiger charge is -2.08. The normalized spacial score (nSPS) is 11.6. The lowest BCUT2D eigenvalue weighted by atomic mass is 10.2. The third-order valence-electron chi connectivity index (χ3n) is 3.28. The van der Waals surface area contributed by atoms with Gasteiger partial charge in [0.1, 0.15) is 5.01 Å². The van der Waals surface area contributed by atoms with Gasteiger partial charge in [0.05, 0.1) is 13.1 Å². The van der Waals surface area contributed by atoms with Gasteiger partial charge in [-0.1, -0.05) is 16.8 Å². The number of halogens is 1. The van der Waals surface area contributed by atoms with E-state index in [-0.39, 0.29) is 0 Å². The Kier molecular flexibility index (Phi) is 5.62. The van der Waals surface area contributed by atoms with Crippen molar-refractivity contribution in [3.63, 3.8) is 0 Å². The maximum absolute atomic E-state index is 5.88. The number of aromatic nitrogens is 3. The van der Waals surface area contributed by atoms with Crippen LogP contribution < -0.4 is 10.6 Å². The molecule has 0 aliphatic heterocycles. The molecule has 0 aliphatic rings. The van der Waals surface area contributed by atoms with Crippen LogP contribution in [0.25, 0.3) is 11.4 Å². The molecule has 2 heterocycles. The molecule has 0 unspecified atom stereocenters. The molecule has 25 heavy (non-hydrogen) atoms. The molecule has 0 atom stereocenters. The van der Waals surface area contributed by atoms with Crippen LogP contribution in [0.2, 0.25) is 5.02 Å². The Labute approximate surface area is 154 Å². The number of hydrogen-bond acceptors (Lipinski definition) is 6. The van der Waals surface area contributed by atoms with Crippen LogP contribution in [0.5, 0.6) is 0 Å². The summed E-state index contributed by atoms with van der Waals surface area (Å²) >= 11 is 7.53. The van der Waals surface area contributed by atoms with Gasteiger partial charge >= 0.3 is 0 Å². The number of hydrogen-bond donors (Lipinski definition) is 2. The minimum atomic E-state index is 0.372. The SMILES string of the molecule is CN=C(NCc1nc(-c2ccc(Cl)cc2)no1)NCc1ncc(C)s1. The zero-order valence-corrected chi connectivity index (χ0v) is 15.4. The smallest absolute Gasteiger partial charge is 0.246 e. The minimum absolute atomic E-state index is 0.372. The molecular weight excluding hydrogens is 360 g/mol. The average Bonchev–Trinajstić information content (AvgIpc) is 3.25. The fourth-order valence-electron chi connectivity index (χ4n) is 2.07. The fraction of sp³-hybridized carbons (Fsp3) is 0.250. The van der Waals surface area contributed by atoms with Crippen molar-refractivity contribution in [1.29, 1.82) is 0 Å². The molecular formula is C16H17ClN6OS. The van der Waals surface area contributed by atoms with E-state index in [1.807, 2.05) is 25.3 Å². The first-order valence-corrected chi connectivity index (χ1v) is 8.78. The van der Waals surface area contributed by atoms with Crippen LogP contribution in [-0.4, -0.2) is 28.1 Å². The van der Waals surface area contributed by atoms with E-state index in [1.165, 1.54) is 4.88 Å². The molecule has 0 saturated carbocycles. The molecule has 130 valence electrons. The summed E-state index contributed by atoms with van der Waals surface area (Å²) in [5.41, 5.74) is 0.848. The van der Waals surface area contributed by atoms with Crippen molar-refractivity contribution in [2.45, 2.75) is 20.0 Å². The number of rotatable bonds is 5. The van der Waals surface area contributed by atoms with Crippen LogP contribution in [0, 0.1) is 6.92 Å². The molecule has 3 rings (SSSR count). The standard InChI is InChI=1S/C16H17ClN6OS/c1-10-7-19-14(25-10)9-21-16(18-2)20-8-13-22-15(23-24-13)11-3-5-12(17)6-4-11/h3-7H,8-9H2,1-2H3,(H2,18,20,21). The Morgan fingerprint density at radius 1 is 1.24 bits per heavy atom. The first-order valence-electron chi connectivity index (χ1n) is 7.58. The molecule has 0 radical (unpaired) electrons. The van der Waals surface area contributed by atoms with E-state index >= 15 is 0 Å². The molecule has 1 aromatic carbocycles. The number of benzene rings is 1. The Bertz CT molecular complexity index is 858. The zero-order valence-electron chi connectivity index (χ0n) is 13.8. The van der Waals surface area contributed by atoms with E-state index in [0.717, 1.165) is 10.6 Å². The Hall–Kier alpha value is -2.45. The first-order chi connectivity index (χ1) is 12.1. The molecule has 7 nitrogen and oxygen atoms in total. The van der Waals surface area contributed by atoms with E-state index in [0.29, 0.717) is 35.8 Å². The van der Waals surface area contributed by atoms with Gasteiger partial charge in [0, 0.05) is 28.7 Å². The summed E-state index contributed by atoms with van der Waals surface area (Å²) in [5, 5.41) is 12.0. The van der Waals surface area contributed by atoms with Crippen molar-refractivity contribution in [2.24, 2.45) is 4.99 Å². The predicted molar refractivity (Wildman–Crippen MR) is 98.6 cm³/mol. The Balaban J connectivity index is 1.54. The highest BCUT2D eigenvalue weighted by atomic mass is 35.5. The van der Waals surface area contributed by atoms with Gasteiger partial charge in [-0.3, -0.25) is 4.99 Å². The van der Waals surface area contributed by atoms with Gasteiger partial charge in [-0.25, -0.2) is 4.98 Å². The second kappa shape index (κ2) is 8.09. The number of guanidine groups is 1. The van der Waals surface area contributed by atoms with Crippen molar-refractivity contribution in [2.75, 3.05) is 7.05 Å². The van der Waals surface area contributed by atoms with Crippen LogP contribution in [0.4, 0.5) is 0 Å². The van der Waals surface area contributed by atoms with Crippen molar-refractivity contribution in [1.82, 2.24) is 25.8 Å². The highest BCUT2D eigenvalue weighted by Gasteiger charge is 2.09. The maximum atomic E-state index is 5.88. The van der Waals surface area contributed by atoms with Gasteiger partial charge in [0.25, 0.3) is 0 Å². The zero-order chi connectivity index (χ0) is 17.6. The van der Waals surface area contributed by atoms with Crippen molar-refractivity contribution in [3.8, 4) is 11.4 Å². The Morgan fingerprint density at radius 3 is 2.68 bits per heavy atom. The molecule has 0 bridgehead atoms. The van der Waals surface area contributed by atoms with E-state index < -0.39 is 0 Å². The summed E-state index contributed by atoms with van der Waals surface area (Å²) in [7, 11) is 1.70. The molecule has 0 aliphatic carbocycles. The largest absolute Gasteiger partial charge is 0.350 e. The predicted octanol–water partition coefficient (Wildman–Crippen LogP) is 3.02. The third-order valence-corrected chi connectivity index (χ3v) is 4.44. The number of nitrogens with one attached hydrogen (secondary N) is 2. The lowest BCUT2D eigenvalue weighted by Crippen LogP contribution is -2.36.